The highest BCUT2D eigenvalue weighted by Gasteiger charge is 2.31. The molecule has 0 radical (unpaired) electrons. The maximum Gasteiger partial charge on any atom is 0.306 e. The fourth-order valence-corrected chi connectivity index (χ4v) is 3.20. The number of amides is 1. The number of thiazole rings is 1. The van der Waals surface area contributed by atoms with E-state index in [2.05, 4.69) is 10.3 Å². The first-order valence-electron chi connectivity index (χ1n) is 6.15. The molecule has 1 aromatic rings. The zero-order chi connectivity index (χ0) is 12.7. The fourth-order valence-electron chi connectivity index (χ4n) is 2.20. The van der Waals surface area contributed by atoms with Crippen LogP contribution < -0.4 is 5.32 Å². The molecule has 1 fully saturated rings. The molecule has 0 saturated heterocycles. The number of hydrogen-bond donors (Lipinski definition) is 2. The van der Waals surface area contributed by atoms with Crippen molar-refractivity contribution in [2.45, 2.75) is 32.1 Å². The van der Waals surface area contributed by atoms with Crippen molar-refractivity contribution < 1.29 is 14.7 Å². The van der Waals surface area contributed by atoms with E-state index in [4.69, 9.17) is 5.11 Å². The summed E-state index contributed by atoms with van der Waals surface area (Å²) < 4.78 is 0. The van der Waals surface area contributed by atoms with Gasteiger partial charge in [0.25, 0.3) is 0 Å². The molecule has 1 aromatic heterocycles. The SMILES string of the molecule is O=C(O)C1CCc2sc(NC(=O)C3CC3)nc2C1. The Morgan fingerprint density at radius 1 is 1.28 bits per heavy atom. The highest BCUT2D eigenvalue weighted by molar-refractivity contribution is 7.15. The van der Waals surface area contributed by atoms with E-state index in [1.807, 2.05) is 0 Å². The minimum absolute atomic E-state index is 0.0517. The molecule has 18 heavy (non-hydrogen) atoms. The van der Waals surface area contributed by atoms with Crippen LogP contribution in [0.2, 0.25) is 0 Å². The standard InChI is InChI=1S/C12H14N2O3S/c15-10(6-1-2-6)14-12-13-8-5-7(11(16)17)3-4-9(8)18-12/h6-7H,1-5H2,(H,16,17)(H,13,14,15). The van der Waals surface area contributed by atoms with E-state index < -0.39 is 5.97 Å². The summed E-state index contributed by atoms with van der Waals surface area (Å²) in [5.41, 5.74) is 0.852. The number of nitrogens with one attached hydrogen (secondary N) is 1. The number of hydrogen-bond acceptors (Lipinski definition) is 4. The quantitative estimate of drug-likeness (QED) is 0.872. The van der Waals surface area contributed by atoms with Gasteiger partial charge in [-0.3, -0.25) is 9.59 Å². The highest BCUT2D eigenvalue weighted by Crippen LogP contribution is 2.34. The zero-order valence-electron chi connectivity index (χ0n) is 9.81. The number of carboxylic acids is 1. The molecule has 1 unspecified atom stereocenters. The minimum atomic E-state index is -0.753. The third kappa shape index (κ3) is 2.25. The number of rotatable bonds is 3. The maximum atomic E-state index is 11.6. The largest absolute Gasteiger partial charge is 0.481 e. The van der Waals surface area contributed by atoms with Gasteiger partial charge in [-0.25, -0.2) is 4.98 Å². The zero-order valence-corrected chi connectivity index (χ0v) is 10.6. The van der Waals surface area contributed by atoms with Crippen LogP contribution in [0.1, 0.15) is 29.8 Å². The molecule has 0 aliphatic heterocycles. The lowest BCUT2D eigenvalue weighted by Crippen LogP contribution is -2.21. The lowest BCUT2D eigenvalue weighted by molar-refractivity contribution is -0.142. The number of nitrogens with zero attached hydrogens (tertiary/aromatic N) is 1. The first-order chi connectivity index (χ1) is 8.63. The van der Waals surface area contributed by atoms with Gasteiger partial charge in [0.05, 0.1) is 11.6 Å². The van der Waals surface area contributed by atoms with E-state index in [9.17, 15) is 9.59 Å². The lowest BCUT2D eigenvalue weighted by atomic mass is 9.91. The fraction of sp³-hybridized carbons (Fsp3) is 0.583. The van der Waals surface area contributed by atoms with Crippen molar-refractivity contribution in [1.29, 1.82) is 0 Å². The molecule has 2 aliphatic carbocycles. The van der Waals surface area contributed by atoms with Gasteiger partial charge in [-0.15, -0.1) is 11.3 Å². The van der Waals surface area contributed by atoms with Gasteiger partial charge in [-0.1, -0.05) is 0 Å². The van der Waals surface area contributed by atoms with E-state index in [0.29, 0.717) is 18.0 Å². The summed E-state index contributed by atoms with van der Waals surface area (Å²) in [6.07, 6.45) is 3.85. The number of aromatic nitrogens is 1. The second-order valence-corrected chi connectivity index (χ2v) is 6.01. The van der Waals surface area contributed by atoms with Gasteiger partial charge in [0.2, 0.25) is 5.91 Å². The molecule has 1 amide bonds. The highest BCUT2D eigenvalue weighted by atomic mass is 32.1. The summed E-state index contributed by atoms with van der Waals surface area (Å²) in [5, 5.41) is 12.5. The van der Waals surface area contributed by atoms with E-state index >= 15 is 0 Å². The maximum absolute atomic E-state index is 11.6. The number of carbonyl (C=O) groups is 2. The molecule has 1 heterocycles. The van der Waals surface area contributed by atoms with Crippen LogP contribution in [0.5, 0.6) is 0 Å². The van der Waals surface area contributed by atoms with Crippen molar-refractivity contribution in [3.8, 4) is 0 Å². The molecule has 96 valence electrons. The number of aryl methyl sites for hydroxylation is 1. The Morgan fingerprint density at radius 2 is 2.06 bits per heavy atom. The van der Waals surface area contributed by atoms with Crippen LogP contribution in [0.4, 0.5) is 5.13 Å². The molecule has 1 atom stereocenters. The summed E-state index contributed by atoms with van der Waals surface area (Å²) in [5.74, 6) is -0.864. The topological polar surface area (TPSA) is 79.3 Å². The Bertz CT molecular complexity index is 507. The van der Waals surface area contributed by atoms with Gasteiger partial charge in [-0.2, -0.15) is 0 Å². The Hall–Kier alpha value is -1.43. The van der Waals surface area contributed by atoms with Gasteiger partial charge < -0.3 is 10.4 Å². The number of carbonyl (C=O) groups excluding carboxylic acids is 1. The minimum Gasteiger partial charge on any atom is -0.481 e. The predicted molar refractivity (Wildman–Crippen MR) is 66.6 cm³/mol. The Labute approximate surface area is 108 Å². The lowest BCUT2D eigenvalue weighted by Gasteiger charge is -2.16. The van der Waals surface area contributed by atoms with Crippen LogP contribution in [-0.2, 0) is 22.4 Å². The summed E-state index contributed by atoms with van der Waals surface area (Å²) >= 11 is 1.49. The summed E-state index contributed by atoms with van der Waals surface area (Å²) in [6, 6.07) is 0. The van der Waals surface area contributed by atoms with Gasteiger partial charge in [0, 0.05) is 17.2 Å². The predicted octanol–water partition coefficient (Wildman–Crippen LogP) is 1.68. The number of carboxylic acid groups (broad SMARTS) is 1. The van der Waals surface area contributed by atoms with Crippen molar-refractivity contribution in [2.24, 2.45) is 11.8 Å². The molecular weight excluding hydrogens is 252 g/mol. The van der Waals surface area contributed by atoms with Crippen molar-refractivity contribution in [1.82, 2.24) is 4.98 Å². The van der Waals surface area contributed by atoms with Crippen LogP contribution in [0.3, 0.4) is 0 Å². The van der Waals surface area contributed by atoms with E-state index in [1.54, 1.807) is 0 Å². The molecule has 2 N–H and O–H groups in total. The Kier molecular flexibility index (Phi) is 2.81. The second kappa shape index (κ2) is 4.35. The van der Waals surface area contributed by atoms with Crippen LogP contribution in [0, 0.1) is 11.8 Å². The second-order valence-electron chi connectivity index (χ2n) is 4.93. The van der Waals surface area contributed by atoms with Crippen LogP contribution in [0.15, 0.2) is 0 Å². The van der Waals surface area contributed by atoms with Crippen LogP contribution in [0.25, 0.3) is 0 Å². The molecule has 2 aliphatic rings. The van der Waals surface area contributed by atoms with Gasteiger partial charge in [-0.05, 0) is 25.7 Å². The Morgan fingerprint density at radius 3 is 2.72 bits per heavy atom. The van der Waals surface area contributed by atoms with Crippen molar-refractivity contribution in [3.63, 3.8) is 0 Å². The van der Waals surface area contributed by atoms with Crippen molar-refractivity contribution in [3.05, 3.63) is 10.6 Å². The molecule has 3 rings (SSSR count). The van der Waals surface area contributed by atoms with Gasteiger partial charge in [0.15, 0.2) is 5.13 Å². The molecule has 0 spiro atoms. The first kappa shape index (κ1) is 11.6. The molecule has 0 bridgehead atoms. The summed E-state index contributed by atoms with van der Waals surface area (Å²) in [4.78, 5) is 28.1. The molecule has 0 aromatic carbocycles. The Balaban J connectivity index is 1.72. The molecule has 5 nitrogen and oxygen atoms in total. The monoisotopic (exact) mass is 266 g/mol. The van der Waals surface area contributed by atoms with Gasteiger partial charge in [0.1, 0.15) is 0 Å². The van der Waals surface area contributed by atoms with Crippen molar-refractivity contribution >= 4 is 28.3 Å². The van der Waals surface area contributed by atoms with E-state index in [-0.39, 0.29) is 17.7 Å². The molecule has 1 saturated carbocycles. The average Bonchev–Trinajstić information content (AvgIpc) is 3.09. The van der Waals surface area contributed by atoms with Crippen LogP contribution >= 0.6 is 11.3 Å². The van der Waals surface area contributed by atoms with E-state index in [1.165, 1.54) is 11.3 Å². The van der Waals surface area contributed by atoms with Crippen molar-refractivity contribution in [2.75, 3.05) is 5.32 Å². The first-order valence-corrected chi connectivity index (χ1v) is 6.97. The smallest absolute Gasteiger partial charge is 0.306 e. The summed E-state index contributed by atoms with van der Waals surface area (Å²) in [7, 11) is 0. The number of anilines is 1. The number of aliphatic carboxylic acids is 1. The van der Waals surface area contributed by atoms with Crippen LogP contribution in [-0.4, -0.2) is 22.0 Å². The third-order valence-electron chi connectivity index (χ3n) is 3.47. The number of fused-ring (bicyclic) bond motifs is 1. The van der Waals surface area contributed by atoms with Gasteiger partial charge >= 0.3 is 5.97 Å². The average molecular weight is 266 g/mol. The molecular formula is C12H14N2O3S. The third-order valence-corrected chi connectivity index (χ3v) is 4.54. The van der Waals surface area contributed by atoms with E-state index in [0.717, 1.165) is 29.8 Å². The molecule has 6 heteroatoms. The normalized spacial score (nSPS) is 22.3. The summed E-state index contributed by atoms with van der Waals surface area (Å²) in [6.45, 7) is 0.